The van der Waals surface area contributed by atoms with Crippen LogP contribution in [-0.2, 0) is 10.2 Å². The van der Waals surface area contributed by atoms with Gasteiger partial charge in [0.15, 0.2) is 0 Å². The Morgan fingerprint density at radius 3 is 2.59 bits per heavy atom. The number of aromatic nitrogens is 2. The van der Waals surface area contributed by atoms with Crippen LogP contribution in [0.2, 0.25) is 0 Å². The zero-order valence-electron chi connectivity index (χ0n) is 12.5. The van der Waals surface area contributed by atoms with Gasteiger partial charge in [-0.1, -0.05) is 25.3 Å². The van der Waals surface area contributed by atoms with Gasteiger partial charge in [0.05, 0.1) is 16.4 Å². The van der Waals surface area contributed by atoms with Crippen LogP contribution >= 0.6 is 0 Å². The molecule has 2 aliphatic rings. The number of fused-ring (bicyclic) bond motifs is 1. The zero-order chi connectivity index (χ0) is 15.3. The molecule has 2 fully saturated rings. The number of H-pyrrole nitrogens is 1. The lowest BCUT2D eigenvalue weighted by molar-refractivity contribution is -0.145. The first kappa shape index (κ1) is 13.6. The summed E-state index contributed by atoms with van der Waals surface area (Å²) in [6.45, 7) is 0. The number of hydrogen-bond donors (Lipinski definition) is 2. The smallest absolute Gasteiger partial charge is 0.326 e. The summed E-state index contributed by atoms with van der Waals surface area (Å²) in [6, 6.07) is 6.03. The molecule has 2 saturated carbocycles. The minimum atomic E-state index is -0.787. The van der Waals surface area contributed by atoms with Gasteiger partial charge in [0.1, 0.15) is 0 Å². The van der Waals surface area contributed by atoms with E-state index >= 15 is 0 Å². The van der Waals surface area contributed by atoms with Crippen molar-refractivity contribution in [1.82, 2.24) is 9.55 Å². The molecule has 2 aromatic rings. The van der Waals surface area contributed by atoms with Crippen LogP contribution in [0.3, 0.4) is 0 Å². The topological polar surface area (TPSA) is 75.1 Å². The number of imidazole rings is 1. The van der Waals surface area contributed by atoms with Crippen LogP contribution < -0.4 is 5.69 Å². The lowest BCUT2D eigenvalue weighted by Gasteiger charge is -2.33. The molecule has 2 aliphatic carbocycles. The molecule has 2 N–H and O–H groups in total. The Bertz CT molecular complexity index is 792. The van der Waals surface area contributed by atoms with E-state index in [0.29, 0.717) is 18.9 Å². The third kappa shape index (κ3) is 1.91. The van der Waals surface area contributed by atoms with Crippen molar-refractivity contribution >= 4 is 17.0 Å². The first-order valence-electron chi connectivity index (χ1n) is 8.10. The lowest BCUT2D eigenvalue weighted by Crippen LogP contribution is -2.37. The van der Waals surface area contributed by atoms with Crippen LogP contribution in [0.4, 0.5) is 0 Å². The summed E-state index contributed by atoms with van der Waals surface area (Å²) in [7, 11) is 0. The van der Waals surface area contributed by atoms with E-state index in [1.807, 2.05) is 22.8 Å². The maximum Gasteiger partial charge on any atom is 0.326 e. The Labute approximate surface area is 128 Å². The van der Waals surface area contributed by atoms with E-state index in [-0.39, 0.29) is 5.69 Å². The molecule has 4 rings (SSSR count). The molecule has 0 bridgehead atoms. The van der Waals surface area contributed by atoms with Crippen molar-refractivity contribution in [2.75, 3.05) is 0 Å². The van der Waals surface area contributed by atoms with Gasteiger partial charge in [-0.15, -0.1) is 0 Å². The van der Waals surface area contributed by atoms with Crippen molar-refractivity contribution in [3.05, 3.63) is 34.2 Å². The van der Waals surface area contributed by atoms with Gasteiger partial charge >= 0.3 is 11.7 Å². The molecule has 116 valence electrons. The van der Waals surface area contributed by atoms with Gasteiger partial charge in [0.2, 0.25) is 0 Å². The number of nitrogens with zero attached hydrogens (tertiary/aromatic N) is 1. The highest BCUT2D eigenvalue weighted by molar-refractivity contribution is 5.84. The van der Waals surface area contributed by atoms with E-state index in [9.17, 15) is 14.7 Å². The number of rotatable bonds is 3. The Morgan fingerprint density at radius 2 is 1.95 bits per heavy atom. The molecule has 0 unspecified atom stereocenters. The van der Waals surface area contributed by atoms with E-state index in [1.54, 1.807) is 0 Å². The summed E-state index contributed by atoms with van der Waals surface area (Å²) in [6.07, 6.45) is 6.46. The summed E-state index contributed by atoms with van der Waals surface area (Å²) in [5, 5.41) is 9.80. The van der Waals surface area contributed by atoms with Crippen LogP contribution in [0.1, 0.15) is 56.6 Å². The maximum absolute atomic E-state index is 12.1. The van der Waals surface area contributed by atoms with Crippen molar-refractivity contribution in [1.29, 1.82) is 0 Å². The van der Waals surface area contributed by atoms with E-state index < -0.39 is 11.4 Å². The number of nitrogens with one attached hydrogen (secondary N) is 1. The van der Waals surface area contributed by atoms with Crippen molar-refractivity contribution in [2.24, 2.45) is 0 Å². The number of aliphatic carboxylic acids is 1. The molecule has 0 saturated heterocycles. The van der Waals surface area contributed by atoms with Gasteiger partial charge in [-0.25, -0.2) is 4.79 Å². The van der Waals surface area contributed by atoms with Crippen LogP contribution in [0.25, 0.3) is 11.0 Å². The van der Waals surface area contributed by atoms with E-state index in [4.69, 9.17) is 0 Å². The second-order valence-electron chi connectivity index (χ2n) is 6.71. The highest BCUT2D eigenvalue weighted by atomic mass is 16.4. The second-order valence-corrected chi connectivity index (χ2v) is 6.71. The number of hydrogen-bond acceptors (Lipinski definition) is 2. The van der Waals surface area contributed by atoms with Crippen LogP contribution in [-0.4, -0.2) is 20.6 Å². The number of carbonyl (C=O) groups is 1. The predicted octanol–water partition coefficient (Wildman–Crippen LogP) is 2.95. The maximum atomic E-state index is 12.1. The zero-order valence-corrected chi connectivity index (χ0v) is 12.5. The molecule has 0 atom stereocenters. The van der Waals surface area contributed by atoms with E-state index in [0.717, 1.165) is 48.7 Å². The van der Waals surface area contributed by atoms with Crippen molar-refractivity contribution in [3.8, 4) is 0 Å². The first-order chi connectivity index (χ1) is 10.6. The Hall–Kier alpha value is -2.04. The summed E-state index contributed by atoms with van der Waals surface area (Å²) in [4.78, 5) is 26.9. The Kier molecular flexibility index (Phi) is 2.93. The largest absolute Gasteiger partial charge is 0.481 e. The normalized spacial score (nSPS) is 21.1. The highest BCUT2D eigenvalue weighted by Gasteiger charge is 2.41. The standard InChI is InChI=1S/C17H20N2O3/c20-15(21)17(8-2-1-3-9-17)11-4-7-14-13(10-11)18-16(22)19(14)12-5-6-12/h4,7,10,12H,1-3,5-6,8-9H2,(H,18,22)(H,20,21). The van der Waals surface area contributed by atoms with Crippen LogP contribution in [0.15, 0.2) is 23.0 Å². The number of aromatic amines is 1. The molecule has 1 heterocycles. The van der Waals surface area contributed by atoms with Crippen molar-refractivity contribution < 1.29 is 9.90 Å². The molecule has 1 aromatic heterocycles. The van der Waals surface area contributed by atoms with Gasteiger partial charge in [-0.3, -0.25) is 9.36 Å². The molecule has 0 amide bonds. The minimum Gasteiger partial charge on any atom is -0.481 e. The van der Waals surface area contributed by atoms with Gasteiger partial charge in [0.25, 0.3) is 0 Å². The van der Waals surface area contributed by atoms with Gasteiger partial charge < -0.3 is 10.1 Å². The summed E-state index contributed by atoms with van der Waals surface area (Å²) < 4.78 is 1.81. The summed E-state index contributed by atoms with van der Waals surface area (Å²) in [5.74, 6) is -0.740. The van der Waals surface area contributed by atoms with Crippen LogP contribution in [0, 0.1) is 0 Å². The molecule has 0 radical (unpaired) electrons. The lowest BCUT2D eigenvalue weighted by atomic mass is 9.69. The first-order valence-corrected chi connectivity index (χ1v) is 8.10. The van der Waals surface area contributed by atoms with E-state index in [1.165, 1.54) is 0 Å². The fourth-order valence-electron chi connectivity index (χ4n) is 3.91. The average molecular weight is 300 g/mol. The van der Waals surface area contributed by atoms with Gasteiger partial charge in [-0.05, 0) is 43.4 Å². The fourth-order valence-corrected chi connectivity index (χ4v) is 3.91. The number of benzene rings is 1. The quantitative estimate of drug-likeness (QED) is 0.915. The summed E-state index contributed by atoms with van der Waals surface area (Å²) >= 11 is 0. The minimum absolute atomic E-state index is 0.0809. The predicted molar refractivity (Wildman–Crippen MR) is 83.2 cm³/mol. The van der Waals surface area contributed by atoms with Gasteiger partial charge in [0, 0.05) is 6.04 Å². The average Bonchev–Trinajstić information content (AvgIpc) is 3.29. The van der Waals surface area contributed by atoms with Crippen molar-refractivity contribution in [2.45, 2.75) is 56.4 Å². The SMILES string of the molecule is O=C(O)C1(c2ccc3c(c2)[nH]c(=O)n3C2CC2)CCCCC1. The van der Waals surface area contributed by atoms with E-state index in [2.05, 4.69) is 4.98 Å². The molecule has 5 nitrogen and oxygen atoms in total. The third-order valence-corrected chi connectivity index (χ3v) is 5.30. The molecular formula is C17H20N2O3. The molecule has 0 aliphatic heterocycles. The van der Waals surface area contributed by atoms with Crippen LogP contribution in [0.5, 0.6) is 0 Å². The molecule has 22 heavy (non-hydrogen) atoms. The molecule has 5 heteroatoms. The monoisotopic (exact) mass is 300 g/mol. The molecule has 0 spiro atoms. The number of carboxylic acid groups (broad SMARTS) is 1. The molecular weight excluding hydrogens is 280 g/mol. The Morgan fingerprint density at radius 1 is 1.23 bits per heavy atom. The third-order valence-electron chi connectivity index (χ3n) is 5.30. The highest BCUT2D eigenvalue weighted by Crippen LogP contribution is 2.41. The van der Waals surface area contributed by atoms with Crippen molar-refractivity contribution in [3.63, 3.8) is 0 Å². The molecule has 1 aromatic carbocycles. The van der Waals surface area contributed by atoms with Gasteiger partial charge in [-0.2, -0.15) is 0 Å². The fraction of sp³-hybridized carbons (Fsp3) is 0.529. The number of carboxylic acids is 1. The second kappa shape index (κ2) is 4.73. The summed E-state index contributed by atoms with van der Waals surface area (Å²) in [5.41, 5.74) is 1.62. The Balaban J connectivity index is 1.85.